The van der Waals surface area contributed by atoms with Gasteiger partial charge in [0.1, 0.15) is 5.75 Å². The Hall–Kier alpha value is -0.970. The number of aliphatic hydroxyl groups excluding tert-OH is 1. The number of aromatic hydroxyl groups is 1. The summed E-state index contributed by atoms with van der Waals surface area (Å²) in [5.74, 6) is 0.241. The van der Waals surface area contributed by atoms with Crippen LogP contribution in [0.25, 0.3) is 0 Å². The van der Waals surface area contributed by atoms with E-state index in [1.54, 1.807) is 6.07 Å². The van der Waals surface area contributed by atoms with E-state index in [2.05, 4.69) is 18.7 Å². The Labute approximate surface area is 121 Å². The van der Waals surface area contributed by atoms with Gasteiger partial charge in [-0.25, -0.2) is 0 Å². The van der Waals surface area contributed by atoms with Crippen LogP contribution < -0.4 is 10.6 Å². The SMILES string of the molecule is CCN(CC)c1ccc([C@@H](N)CCCO)c(O)c1.Cl. The number of phenolic OH excluding ortho intramolecular Hbond substituents is 1. The van der Waals surface area contributed by atoms with Gasteiger partial charge >= 0.3 is 0 Å². The van der Waals surface area contributed by atoms with E-state index in [9.17, 15) is 5.11 Å². The fourth-order valence-corrected chi connectivity index (χ4v) is 2.10. The first-order valence-electron chi connectivity index (χ1n) is 6.58. The smallest absolute Gasteiger partial charge is 0.122 e. The van der Waals surface area contributed by atoms with Crippen LogP contribution in [0.4, 0.5) is 5.69 Å². The van der Waals surface area contributed by atoms with E-state index in [1.165, 1.54) is 0 Å². The van der Waals surface area contributed by atoms with Gasteiger partial charge in [-0.2, -0.15) is 0 Å². The molecule has 0 aromatic heterocycles. The van der Waals surface area contributed by atoms with Crippen molar-refractivity contribution in [1.29, 1.82) is 0 Å². The Morgan fingerprint density at radius 2 is 1.89 bits per heavy atom. The Bertz CT molecular complexity index is 370. The predicted octanol–water partition coefficient (Wildman–Crippen LogP) is 2.43. The van der Waals surface area contributed by atoms with Gasteiger partial charge in [0.15, 0.2) is 0 Å². The molecule has 0 spiro atoms. The molecule has 0 aliphatic rings. The van der Waals surface area contributed by atoms with Crippen molar-refractivity contribution in [3.63, 3.8) is 0 Å². The highest BCUT2D eigenvalue weighted by Gasteiger charge is 2.12. The van der Waals surface area contributed by atoms with E-state index >= 15 is 0 Å². The molecule has 0 unspecified atom stereocenters. The maximum atomic E-state index is 10.0. The van der Waals surface area contributed by atoms with Crippen LogP contribution >= 0.6 is 12.4 Å². The zero-order valence-electron chi connectivity index (χ0n) is 11.7. The van der Waals surface area contributed by atoms with Gasteiger partial charge in [-0.05, 0) is 32.8 Å². The van der Waals surface area contributed by atoms with Gasteiger partial charge in [0.25, 0.3) is 0 Å². The molecule has 110 valence electrons. The van der Waals surface area contributed by atoms with E-state index in [0.717, 1.165) is 24.3 Å². The molecule has 0 aliphatic heterocycles. The highest BCUT2D eigenvalue weighted by molar-refractivity contribution is 5.85. The first-order valence-corrected chi connectivity index (χ1v) is 6.58. The molecule has 1 aromatic rings. The number of hydrogen-bond acceptors (Lipinski definition) is 4. The van der Waals surface area contributed by atoms with E-state index in [0.29, 0.717) is 12.8 Å². The normalized spacial score (nSPS) is 11.8. The Balaban J connectivity index is 0.00000324. The molecular formula is C14H25ClN2O2. The molecule has 0 saturated carbocycles. The number of nitrogens with two attached hydrogens (primary N) is 1. The van der Waals surface area contributed by atoms with Crippen molar-refractivity contribution in [1.82, 2.24) is 0 Å². The standard InChI is InChI=1S/C14H24N2O2.ClH/c1-3-16(4-2)11-7-8-12(14(18)10-11)13(15)6-5-9-17;/h7-8,10,13,17-18H,3-6,9,15H2,1-2H3;1H/t13-;/m0./s1. The summed E-state index contributed by atoms with van der Waals surface area (Å²) in [7, 11) is 0. The zero-order valence-corrected chi connectivity index (χ0v) is 12.5. The summed E-state index contributed by atoms with van der Waals surface area (Å²) in [6.45, 7) is 6.12. The van der Waals surface area contributed by atoms with Crippen LogP contribution in [0.2, 0.25) is 0 Å². The average Bonchev–Trinajstić information content (AvgIpc) is 2.37. The number of anilines is 1. The molecule has 0 saturated heterocycles. The van der Waals surface area contributed by atoms with E-state index < -0.39 is 0 Å². The second-order valence-corrected chi connectivity index (χ2v) is 4.39. The zero-order chi connectivity index (χ0) is 13.5. The molecule has 0 bridgehead atoms. The second-order valence-electron chi connectivity index (χ2n) is 4.39. The highest BCUT2D eigenvalue weighted by atomic mass is 35.5. The van der Waals surface area contributed by atoms with Gasteiger partial charge in [-0.3, -0.25) is 0 Å². The quantitative estimate of drug-likeness (QED) is 0.721. The molecule has 1 rings (SSSR count). The number of phenols is 1. The molecule has 0 aliphatic carbocycles. The number of benzene rings is 1. The summed E-state index contributed by atoms with van der Waals surface area (Å²) in [5.41, 5.74) is 7.75. The topological polar surface area (TPSA) is 69.7 Å². The van der Waals surface area contributed by atoms with Crippen molar-refractivity contribution in [2.45, 2.75) is 32.7 Å². The van der Waals surface area contributed by atoms with Crippen molar-refractivity contribution < 1.29 is 10.2 Å². The minimum Gasteiger partial charge on any atom is -0.508 e. The van der Waals surface area contributed by atoms with Crippen molar-refractivity contribution in [3.05, 3.63) is 23.8 Å². The fraction of sp³-hybridized carbons (Fsp3) is 0.571. The van der Waals surface area contributed by atoms with E-state index in [1.807, 2.05) is 12.1 Å². The molecule has 19 heavy (non-hydrogen) atoms. The molecule has 1 atom stereocenters. The summed E-state index contributed by atoms with van der Waals surface area (Å²) in [4.78, 5) is 2.17. The molecule has 0 heterocycles. The molecule has 1 aromatic carbocycles. The fourth-order valence-electron chi connectivity index (χ4n) is 2.10. The van der Waals surface area contributed by atoms with Crippen LogP contribution in [-0.2, 0) is 0 Å². The maximum absolute atomic E-state index is 10.0. The number of hydrogen-bond donors (Lipinski definition) is 3. The van der Waals surface area contributed by atoms with E-state index in [4.69, 9.17) is 10.8 Å². The van der Waals surface area contributed by atoms with Crippen LogP contribution in [0.3, 0.4) is 0 Å². The van der Waals surface area contributed by atoms with Gasteiger partial charge in [-0.15, -0.1) is 12.4 Å². The Morgan fingerprint density at radius 3 is 2.37 bits per heavy atom. The lowest BCUT2D eigenvalue weighted by atomic mass is 10.0. The Kier molecular flexibility index (Phi) is 8.56. The van der Waals surface area contributed by atoms with E-state index in [-0.39, 0.29) is 30.8 Å². The molecule has 0 radical (unpaired) electrons. The van der Waals surface area contributed by atoms with Crippen molar-refractivity contribution in [3.8, 4) is 5.75 Å². The lowest BCUT2D eigenvalue weighted by Gasteiger charge is -2.22. The predicted molar refractivity (Wildman–Crippen MR) is 82.2 cm³/mol. The number of aliphatic hydroxyl groups is 1. The van der Waals surface area contributed by atoms with Crippen molar-refractivity contribution in [2.24, 2.45) is 5.73 Å². The van der Waals surface area contributed by atoms with Gasteiger partial charge < -0.3 is 20.8 Å². The molecular weight excluding hydrogens is 264 g/mol. The van der Waals surface area contributed by atoms with Crippen LogP contribution in [0.1, 0.15) is 38.3 Å². The Morgan fingerprint density at radius 1 is 1.26 bits per heavy atom. The van der Waals surface area contributed by atoms with Gasteiger partial charge in [0.2, 0.25) is 0 Å². The van der Waals surface area contributed by atoms with Crippen LogP contribution in [0, 0.1) is 0 Å². The van der Waals surface area contributed by atoms with Gasteiger partial charge in [0, 0.05) is 43.1 Å². The number of nitrogens with zero attached hydrogens (tertiary/aromatic N) is 1. The van der Waals surface area contributed by atoms with Gasteiger partial charge in [-0.1, -0.05) is 6.07 Å². The minimum absolute atomic E-state index is 0. The summed E-state index contributed by atoms with van der Waals surface area (Å²) >= 11 is 0. The van der Waals surface area contributed by atoms with Crippen molar-refractivity contribution >= 4 is 18.1 Å². The van der Waals surface area contributed by atoms with Crippen LogP contribution in [-0.4, -0.2) is 29.9 Å². The molecule has 0 amide bonds. The minimum atomic E-state index is -0.220. The third-order valence-electron chi connectivity index (χ3n) is 3.22. The second kappa shape index (κ2) is 9.02. The average molecular weight is 289 g/mol. The first-order chi connectivity index (χ1) is 8.63. The van der Waals surface area contributed by atoms with Crippen LogP contribution in [0.15, 0.2) is 18.2 Å². The molecule has 0 fully saturated rings. The third kappa shape index (κ3) is 4.90. The summed E-state index contributed by atoms with van der Waals surface area (Å²) < 4.78 is 0. The summed E-state index contributed by atoms with van der Waals surface area (Å²) in [6, 6.07) is 5.41. The van der Waals surface area contributed by atoms with Crippen LogP contribution in [0.5, 0.6) is 5.75 Å². The van der Waals surface area contributed by atoms with Gasteiger partial charge in [0.05, 0.1) is 0 Å². The maximum Gasteiger partial charge on any atom is 0.122 e. The third-order valence-corrected chi connectivity index (χ3v) is 3.22. The lowest BCUT2D eigenvalue weighted by molar-refractivity contribution is 0.279. The first kappa shape index (κ1) is 18.0. The highest BCUT2D eigenvalue weighted by Crippen LogP contribution is 2.29. The number of rotatable bonds is 7. The number of halogens is 1. The lowest BCUT2D eigenvalue weighted by Crippen LogP contribution is -2.21. The largest absolute Gasteiger partial charge is 0.508 e. The molecule has 4 nitrogen and oxygen atoms in total. The molecule has 4 N–H and O–H groups in total. The monoisotopic (exact) mass is 288 g/mol. The molecule has 5 heteroatoms. The van der Waals surface area contributed by atoms with Crippen molar-refractivity contribution in [2.75, 3.05) is 24.6 Å². The summed E-state index contributed by atoms with van der Waals surface area (Å²) in [5, 5.41) is 18.8. The summed E-state index contributed by atoms with van der Waals surface area (Å²) in [6.07, 6.45) is 1.33.